The average Bonchev–Trinajstić information content (AvgIpc) is 2.61. The monoisotopic (exact) mass is 357 g/mol. The SMILES string of the molecule is CC(C)(C)OC(=O)N(C#N)[C@@H](Cc1ccccc1)C(=O)N1CCCCC1. The van der Waals surface area contributed by atoms with E-state index in [2.05, 4.69) is 0 Å². The largest absolute Gasteiger partial charge is 0.443 e. The fraction of sp³-hybridized carbons (Fsp3) is 0.550. The third-order valence-electron chi connectivity index (χ3n) is 4.23. The normalized spacial score (nSPS) is 15.7. The molecule has 0 unspecified atom stereocenters. The van der Waals surface area contributed by atoms with Gasteiger partial charge in [0, 0.05) is 19.5 Å². The molecule has 1 fully saturated rings. The molecule has 1 aliphatic rings. The molecule has 2 rings (SSSR count). The van der Waals surface area contributed by atoms with Gasteiger partial charge in [-0.2, -0.15) is 5.26 Å². The number of nitrogens with zero attached hydrogens (tertiary/aromatic N) is 3. The van der Waals surface area contributed by atoms with E-state index in [0.717, 1.165) is 29.7 Å². The summed E-state index contributed by atoms with van der Waals surface area (Å²) in [5, 5.41) is 9.59. The molecule has 1 aromatic carbocycles. The third kappa shape index (κ3) is 5.48. The number of amides is 2. The molecule has 0 aliphatic carbocycles. The van der Waals surface area contributed by atoms with Gasteiger partial charge in [0.1, 0.15) is 11.6 Å². The molecule has 1 heterocycles. The summed E-state index contributed by atoms with van der Waals surface area (Å²) in [5.41, 5.74) is 0.157. The quantitative estimate of drug-likeness (QED) is 0.612. The van der Waals surface area contributed by atoms with Crippen LogP contribution in [0.5, 0.6) is 0 Å². The average molecular weight is 357 g/mol. The van der Waals surface area contributed by atoms with E-state index in [9.17, 15) is 14.9 Å². The van der Waals surface area contributed by atoms with Gasteiger partial charge in [-0.1, -0.05) is 30.3 Å². The highest BCUT2D eigenvalue weighted by Crippen LogP contribution is 2.18. The van der Waals surface area contributed by atoms with E-state index in [0.29, 0.717) is 13.1 Å². The lowest BCUT2D eigenvalue weighted by atomic mass is 10.0. The van der Waals surface area contributed by atoms with Crippen LogP contribution in [0.1, 0.15) is 45.6 Å². The Kier molecular flexibility index (Phi) is 6.62. The Morgan fingerprint density at radius 3 is 2.35 bits per heavy atom. The van der Waals surface area contributed by atoms with E-state index in [1.807, 2.05) is 36.5 Å². The van der Waals surface area contributed by atoms with Crippen LogP contribution in [0.2, 0.25) is 0 Å². The minimum atomic E-state index is -0.893. The highest BCUT2D eigenvalue weighted by molar-refractivity contribution is 5.87. The van der Waals surface area contributed by atoms with Crippen LogP contribution >= 0.6 is 0 Å². The second-order valence-electron chi connectivity index (χ2n) is 7.54. The summed E-state index contributed by atoms with van der Waals surface area (Å²) in [4.78, 5) is 28.3. The van der Waals surface area contributed by atoms with Crippen LogP contribution in [0.25, 0.3) is 0 Å². The number of benzene rings is 1. The zero-order valence-corrected chi connectivity index (χ0v) is 15.8. The molecule has 0 N–H and O–H groups in total. The number of rotatable bonds is 4. The number of carbonyl (C=O) groups is 2. The Bertz CT molecular complexity index is 655. The van der Waals surface area contributed by atoms with Gasteiger partial charge in [-0.05, 0) is 45.6 Å². The molecule has 6 heteroatoms. The van der Waals surface area contributed by atoms with E-state index in [1.54, 1.807) is 25.7 Å². The number of carbonyl (C=O) groups excluding carboxylic acids is 2. The first-order chi connectivity index (χ1) is 12.3. The van der Waals surface area contributed by atoms with Crippen LogP contribution in [-0.2, 0) is 16.0 Å². The molecule has 0 saturated carbocycles. The predicted octanol–water partition coefficient (Wildman–Crippen LogP) is 3.33. The van der Waals surface area contributed by atoms with Crippen molar-refractivity contribution in [3.05, 3.63) is 35.9 Å². The van der Waals surface area contributed by atoms with Crippen LogP contribution in [0, 0.1) is 11.5 Å². The Morgan fingerprint density at radius 1 is 1.19 bits per heavy atom. The first kappa shape index (κ1) is 19.8. The molecule has 0 aromatic heterocycles. The van der Waals surface area contributed by atoms with Crippen molar-refractivity contribution in [3.8, 4) is 6.19 Å². The summed E-state index contributed by atoms with van der Waals surface area (Å²) in [6.07, 6.45) is 4.36. The second kappa shape index (κ2) is 8.70. The van der Waals surface area contributed by atoms with E-state index in [4.69, 9.17) is 4.74 Å². The molecule has 1 aromatic rings. The zero-order valence-electron chi connectivity index (χ0n) is 15.8. The smallest absolute Gasteiger partial charge is 0.424 e. The third-order valence-corrected chi connectivity index (χ3v) is 4.23. The highest BCUT2D eigenvalue weighted by atomic mass is 16.6. The molecule has 2 amide bonds. The summed E-state index contributed by atoms with van der Waals surface area (Å²) in [5.74, 6) is -0.194. The van der Waals surface area contributed by atoms with Crippen molar-refractivity contribution in [1.29, 1.82) is 5.26 Å². The summed E-state index contributed by atoms with van der Waals surface area (Å²) >= 11 is 0. The van der Waals surface area contributed by atoms with Crippen LogP contribution in [-0.4, -0.2) is 46.5 Å². The Labute approximate surface area is 155 Å². The summed E-state index contributed by atoms with van der Waals surface area (Å²) in [7, 11) is 0. The van der Waals surface area contributed by atoms with E-state index < -0.39 is 17.7 Å². The van der Waals surface area contributed by atoms with E-state index >= 15 is 0 Å². The van der Waals surface area contributed by atoms with Crippen LogP contribution in [0.4, 0.5) is 4.79 Å². The van der Waals surface area contributed by atoms with Gasteiger partial charge in [0.05, 0.1) is 0 Å². The number of hydrogen-bond donors (Lipinski definition) is 0. The molecule has 1 saturated heterocycles. The van der Waals surface area contributed by atoms with Crippen LogP contribution < -0.4 is 0 Å². The predicted molar refractivity (Wildman–Crippen MR) is 98.1 cm³/mol. The Balaban J connectivity index is 2.26. The molecule has 0 bridgehead atoms. The topological polar surface area (TPSA) is 73.6 Å². The summed E-state index contributed by atoms with van der Waals surface area (Å²) in [6.45, 7) is 6.53. The van der Waals surface area contributed by atoms with Gasteiger partial charge in [-0.25, -0.2) is 9.69 Å². The molecule has 1 aliphatic heterocycles. The molecule has 0 radical (unpaired) electrons. The molecular formula is C20H27N3O3. The van der Waals surface area contributed by atoms with Crippen molar-refractivity contribution < 1.29 is 14.3 Å². The lowest BCUT2D eigenvalue weighted by Gasteiger charge is -2.33. The lowest BCUT2D eigenvalue weighted by Crippen LogP contribution is -2.52. The van der Waals surface area contributed by atoms with Crippen molar-refractivity contribution in [2.24, 2.45) is 0 Å². The van der Waals surface area contributed by atoms with Crippen molar-refractivity contribution in [1.82, 2.24) is 9.80 Å². The fourth-order valence-electron chi connectivity index (χ4n) is 3.00. The van der Waals surface area contributed by atoms with E-state index in [1.165, 1.54) is 0 Å². The standard InChI is InChI=1S/C20H27N3O3/c1-20(2,3)26-19(25)23(15-21)17(14-16-10-6-4-7-11-16)18(24)22-12-8-5-9-13-22/h4,6-7,10-11,17H,5,8-9,12-14H2,1-3H3/t17-/m0/s1. The second-order valence-corrected chi connectivity index (χ2v) is 7.54. The maximum atomic E-state index is 13.1. The van der Waals surface area contributed by atoms with Crippen molar-refractivity contribution in [2.75, 3.05) is 13.1 Å². The lowest BCUT2D eigenvalue weighted by molar-refractivity contribution is -0.136. The minimum absolute atomic E-state index is 0.194. The molecular weight excluding hydrogens is 330 g/mol. The molecule has 140 valence electrons. The first-order valence-electron chi connectivity index (χ1n) is 9.06. The van der Waals surface area contributed by atoms with Gasteiger partial charge in [-0.15, -0.1) is 0 Å². The number of likely N-dealkylation sites (tertiary alicyclic amines) is 1. The minimum Gasteiger partial charge on any atom is -0.443 e. The number of piperidine rings is 1. The Morgan fingerprint density at radius 2 is 1.81 bits per heavy atom. The highest BCUT2D eigenvalue weighted by Gasteiger charge is 2.36. The Hall–Kier alpha value is -2.55. The van der Waals surface area contributed by atoms with E-state index in [-0.39, 0.29) is 12.3 Å². The van der Waals surface area contributed by atoms with Crippen LogP contribution in [0.15, 0.2) is 30.3 Å². The van der Waals surface area contributed by atoms with Crippen LogP contribution in [0.3, 0.4) is 0 Å². The van der Waals surface area contributed by atoms with Gasteiger partial charge in [-0.3, -0.25) is 4.79 Å². The van der Waals surface area contributed by atoms with Gasteiger partial charge in [0.15, 0.2) is 6.19 Å². The number of hydrogen-bond acceptors (Lipinski definition) is 4. The molecule has 0 spiro atoms. The van der Waals surface area contributed by atoms with Crippen molar-refractivity contribution in [3.63, 3.8) is 0 Å². The molecule has 1 atom stereocenters. The summed E-state index contributed by atoms with van der Waals surface area (Å²) < 4.78 is 5.34. The fourth-order valence-corrected chi connectivity index (χ4v) is 3.00. The van der Waals surface area contributed by atoms with Gasteiger partial charge >= 0.3 is 6.09 Å². The zero-order chi connectivity index (χ0) is 19.2. The van der Waals surface area contributed by atoms with Crippen molar-refractivity contribution in [2.45, 2.75) is 58.1 Å². The molecule has 26 heavy (non-hydrogen) atoms. The van der Waals surface area contributed by atoms with Gasteiger partial charge < -0.3 is 9.64 Å². The maximum Gasteiger partial charge on any atom is 0.424 e. The number of nitriles is 1. The maximum absolute atomic E-state index is 13.1. The summed E-state index contributed by atoms with van der Waals surface area (Å²) in [6, 6.07) is 8.53. The van der Waals surface area contributed by atoms with Crippen molar-refractivity contribution >= 4 is 12.0 Å². The molecule has 6 nitrogen and oxygen atoms in total. The van der Waals surface area contributed by atoms with Gasteiger partial charge in [0.2, 0.25) is 5.91 Å². The van der Waals surface area contributed by atoms with Gasteiger partial charge in [0.25, 0.3) is 0 Å². The first-order valence-corrected chi connectivity index (χ1v) is 9.06. The number of ether oxygens (including phenoxy) is 1.